The summed E-state index contributed by atoms with van der Waals surface area (Å²) in [7, 11) is 1.75. The lowest BCUT2D eigenvalue weighted by molar-refractivity contribution is 0.486. The number of hydrogen-bond acceptors (Lipinski definition) is 1. The molecule has 0 spiro atoms. The molecule has 0 heterocycles. The van der Waals surface area contributed by atoms with Crippen LogP contribution in [0.1, 0.15) is 119 Å². The van der Waals surface area contributed by atoms with E-state index < -0.39 is 0 Å². The first-order valence-electron chi connectivity index (χ1n) is 14.8. The van der Waals surface area contributed by atoms with Gasteiger partial charge in [0, 0.05) is 17.7 Å². The molecular weight excluding hydrogens is 526 g/mol. The van der Waals surface area contributed by atoms with E-state index >= 15 is 0 Å². The molecule has 1 nitrogen and oxygen atoms in total. The monoisotopic (exact) mass is 585 g/mol. The third kappa shape index (κ3) is 22.3. The molecule has 1 saturated carbocycles. The predicted octanol–water partition coefficient (Wildman–Crippen LogP) is 12.7. The summed E-state index contributed by atoms with van der Waals surface area (Å²) in [5.41, 5.74) is 6.79. The molecule has 216 valence electrons. The van der Waals surface area contributed by atoms with Gasteiger partial charge >= 0.3 is 0 Å². The van der Waals surface area contributed by atoms with E-state index in [4.69, 9.17) is 0 Å². The van der Waals surface area contributed by atoms with Gasteiger partial charge in [0.15, 0.2) is 0 Å². The van der Waals surface area contributed by atoms with Crippen molar-refractivity contribution in [2.75, 3.05) is 7.05 Å². The molecule has 0 aromatic rings. The van der Waals surface area contributed by atoms with Crippen LogP contribution in [-0.4, -0.2) is 13.3 Å². The Morgan fingerprint density at radius 1 is 1.05 bits per heavy atom. The topological polar surface area (TPSA) is 12.4 Å². The summed E-state index contributed by atoms with van der Waals surface area (Å²) < 4.78 is 1.07. The second kappa shape index (κ2) is 25.6. The Hall–Kier alpha value is -1.67. The molecule has 0 radical (unpaired) electrons. The third-order valence-electron chi connectivity index (χ3n) is 6.72. The summed E-state index contributed by atoms with van der Waals surface area (Å²) in [6.45, 7) is 27.1. The Kier molecular flexibility index (Phi) is 25.9. The zero-order valence-electron chi connectivity index (χ0n) is 26.3. The van der Waals surface area contributed by atoms with Crippen molar-refractivity contribution in [3.8, 4) is 0 Å². The van der Waals surface area contributed by atoms with Crippen molar-refractivity contribution >= 4 is 22.1 Å². The Bertz CT molecular complexity index is 804. The fourth-order valence-corrected chi connectivity index (χ4v) is 4.73. The van der Waals surface area contributed by atoms with E-state index in [1.807, 2.05) is 26.8 Å². The summed E-state index contributed by atoms with van der Waals surface area (Å²) >= 11 is 3.33. The van der Waals surface area contributed by atoms with Crippen molar-refractivity contribution in [2.24, 2.45) is 16.8 Å². The number of allylic oxidation sites excluding steroid dienone is 11. The highest BCUT2D eigenvalue weighted by Gasteiger charge is 2.16. The van der Waals surface area contributed by atoms with Crippen LogP contribution in [0.3, 0.4) is 0 Å². The van der Waals surface area contributed by atoms with Gasteiger partial charge in [-0.3, -0.25) is 4.99 Å². The number of halogens is 1. The Morgan fingerprint density at radius 2 is 1.68 bits per heavy atom. The number of rotatable bonds is 14. The summed E-state index contributed by atoms with van der Waals surface area (Å²) in [4.78, 5) is 3.83. The minimum Gasteiger partial charge on any atom is -0.295 e. The van der Waals surface area contributed by atoms with Gasteiger partial charge in [-0.25, -0.2) is 0 Å². The molecule has 1 atom stereocenters. The van der Waals surface area contributed by atoms with Gasteiger partial charge in [-0.15, -0.1) is 0 Å². The average molecular weight is 587 g/mol. The van der Waals surface area contributed by atoms with E-state index in [1.165, 1.54) is 92.1 Å². The highest BCUT2D eigenvalue weighted by molar-refractivity contribution is 9.12. The van der Waals surface area contributed by atoms with Gasteiger partial charge in [0.2, 0.25) is 0 Å². The van der Waals surface area contributed by atoms with Gasteiger partial charge in [0.1, 0.15) is 0 Å². The largest absolute Gasteiger partial charge is 0.295 e. The molecule has 0 amide bonds. The van der Waals surface area contributed by atoms with Crippen LogP contribution < -0.4 is 0 Å². The smallest absolute Gasteiger partial charge is 0.0350 e. The van der Waals surface area contributed by atoms with Crippen LogP contribution in [0.4, 0.5) is 0 Å². The molecule has 1 aliphatic rings. The maximum atomic E-state index is 4.32. The molecular formula is C36H60BrN. The molecule has 0 aromatic heterocycles. The first-order valence-corrected chi connectivity index (χ1v) is 15.5. The zero-order chi connectivity index (χ0) is 29.3. The standard InChI is InChI=1S/C21H36.C9H14.C6H10BrN/c1-6-10-21(19(5)15-17(2)3)14-9-11-18(4)16-20-12-7-8-13-20;1-4-7-8-9(5-2)6-3;1-5(2)6(7)4-8-3/h15,20-21H,4-14,16H2,1-3H3;4-5,7-8H,1,6H2,2-3H3;4H,1-3H3/b;8-7-,9-5-;. The Morgan fingerprint density at radius 3 is 2.11 bits per heavy atom. The van der Waals surface area contributed by atoms with Crippen molar-refractivity contribution in [2.45, 2.75) is 119 Å². The fourth-order valence-electron chi connectivity index (χ4n) is 4.53. The second-order valence-electron chi connectivity index (χ2n) is 10.8. The van der Waals surface area contributed by atoms with E-state index in [1.54, 1.807) is 19.3 Å². The van der Waals surface area contributed by atoms with Crippen molar-refractivity contribution in [1.29, 1.82) is 0 Å². The molecule has 0 bridgehead atoms. The van der Waals surface area contributed by atoms with E-state index in [0.717, 1.165) is 16.8 Å². The van der Waals surface area contributed by atoms with Gasteiger partial charge in [-0.05, 0) is 101 Å². The quantitative estimate of drug-likeness (QED) is 0.109. The van der Waals surface area contributed by atoms with Crippen LogP contribution in [0.2, 0.25) is 0 Å². The molecule has 0 N–H and O–H groups in total. The van der Waals surface area contributed by atoms with E-state index in [2.05, 4.69) is 86.6 Å². The van der Waals surface area contributed by atoms with E-state index in [-0.39, 0.29) is 0 Å². The highest BCUT2D eigenvalue weighted by Crippen LogP contribution is 2.32. The van der Waals surface area contributed by atoms with E-state index in [0.29, 0.717) is 5.92 Å². The number of hydrogen-bond donors (Lipinski definition) is 0. The number of nitrogens with zero attached hydrogens (tertiary/aromatic N) is 1. The van der Waals surface area contributed by atoms with Crippen molar-refractivity contribution < 1.29 is 0 Å². The molecule has 1 unspecified atom stereocenters. The van der Waals surface area contributed by atoms with Crippen LogP contribution >= 0.6 is 15.9 Å². The average Bonchev–Trinajstić information content (AvgIpc) is 3.37. The molecule has 1 aliphatic carbocycles. The van der Waals surface area contributed by atoms with Crippen LogP contribution in [0.25, 0.3) is 0 Å². The van der Waals surface area contributed by atoms with Gasteiger partial charge in [-0.1, -0.05) is 124 Å². The number of aliphatic imine (C=N–C) groups is 1. The van der Waals surface area contributed by atoms with Crippen molar-refractivity contribution in [3.63, 3.8) is 0 Å². The third-order valence-corrected chi connectivity index (χ3v) is 7.71. The molecule has 0 aromatic carbocycles. The Balaban J connectivity index is 0. The lowest BCUT2D eigenvalue weighted by atomic mass is 9.87. The van der Waals surface area contributed by atoms with Gasteiger partial charge < -0.3 is 0 Å². The summed E-state index contributed by atoms with van der Waals surface area (Å²) in [6.07, 6.45) is 26.5. The predicted molar refractivity (Wildman–Crippen MR) is 182 cm³/mol. The van der Waals surface area contributed by atoms with Crippen molar-refractivity contribution in [1.82, 2.24) is 0 Å². The molecule has 2 heteroatoms. The summed E-state index contributed by atoms with van der Waals surface area (Å²) in [5, 5.41) is 0. The molecule has 1 rings (SSSR count). The SMILES string of the molecule is C=C(CCCC(CCC)C(=C)C=C(C)C)CC1CCCC1.C=C/C=C\C(=C/C)CC.CN=CC(Br)=C(C)C. The maximum Gasteiger partial charge on any atom is 0.0350 e. The lowest BCUT2D eigenvalue weighted by Gasteiger charge is -2.18. The minimum absolute atomic E-state index is 0.671. The highest BCUT2D eigenvalue weighted by atomic mass is 79.9. The summed E-state index contributed by atoms with van der Waals surface area (Å²) in [6, 6.07) is 0. The first-order chi connectivity index (χ1) is 18.1. The zero-order valence-corrected chi connectivity index (χ0v) is 27.9. The maximum absolute atomic E-state index is 4.32. The van der Waals surface area contributed by atoms with Crippen LogP contribution in [0.5, 0.6) is 0 Å². The molecule has 38 heavy (non-hydrogen) atoms. The lowest BCUT2D eigenvalue weighted by Crippen LogP contribution is -2.03. The van der Waals surface area contributed by atoms with Gasteiger partial charge in [0.05, 0.1) is 0 Å². The van der Waals surface area contributed by atoms with Crippen LogP contribution in [0, 0.1) is 11.8 Å². The van der Waals surface area contributed by atoms with Gasteiger partial charge in [-0.2, -0.15) is 0 Å². The van der Waals surface area contributed by atoms with Crippen molar-refractivity contribution in [3.05, 3.63) is 82.5 Å². The minimum atomic E-state index is 0.671. The molecule has 1 fully saturated rings. The first kappa shape index (κ1) is 38.5. The Labute approximate surface area is 246 Å². The molecule has 0 saturated heterocycles. The van der Waals surface area contributed by atoms with Gasteiger partial charge in [0.25, 0.3) is 0 Å². The van der Waals surface area contributed by atoms with Crippen LogP contribution in [0.15, 0.2) is 87.5 Å². The second-order valence-corrected chi connectivity index (χ2v) is 11.7. The molecule has 0 aliphatic heterocycles. The van der Waals surface area contributed by atoms with E-state index in [9.17, 15) is 0 Å². The van der Waals surface area contributed by atoms with Crippen LogP contribution in [-0.2, 0) is 0 Å². The summed E-state index contributed by atoms with van der Waals surface area (Å²) in [5.74, 6) is 1.62. The normalized spacial score (nSPS) is 14.3. The fraction of sp³-hybridized carbons (Fsp3) is 0.583.